The molecule has 1 N–H and O–H groups in total. The molecule has 0 bridgehead atoms. The van der Waals surface area contributed by atoms with Crippen molar-refractivity contribution < 1.29 is 0 Å². The summed E-state index contributed by atoms with van der Waals surface area (Å²) in [6.07, 6.45) is 4.60. The molecule has 3 nitrogen and oxygen atoms in total. The topological polar surface area (TPSA) is 28.2 Å². The highest BCUT2D eigenvalue weighted by Gasteiger charge is 2.26. The van der Waals surface area contributed by atoms with Gasteiger partial charge in [0, 0.05) is 25.3 Å². The van der Waals surface area contributed by atoms with Crippen molar-refractivity contribution in [1.29, 1.82) is 0 Å². The lowest BCUT2D eigenvalue weighted by molar-refractivity contribution is 0.292. The van der Waals surface area contributed by atoms with Gasteiger partial charge in [-0.05, 0) is 43.4 Å². The van der Waals surface area contributed by atoms with Gasteiger partial charge in [-0.25, -0.2) is 4.98 Å². The molecule has 1 atom stereocenters. The Morgan fingerprint density at radius 2 is 2.21 bits per heavy atom. The third kappa shape index (κ3) is 3.69. The van der Waals surface area contributed by atoms with Gasteiger partial charge in [-0.15, -0.1) is 0 Å². The van der Waals surface area contributed by atoms with Gasteiger partial charge < -0.3 is 10.2 Å². The van der Waals surface area contributed by atoms with E-state index in [2.05, 4.69) is 55.0 Å². The van der Waals surface area contributed by atoms with Crippen molar-refractivity contribution >= 4 is 5.82 Å². The molecule has 19 heavy (non-hydrogen) atoms. The highest BCUT2D eigenvalue weighted by atomic mass is 15.2. The molecule has 1 saturated heterocycles. The van der Waals surface area contributed by atoms with E-state index in [-0.39, 0.29) is 0 Å². The van der Waals surface area contributed by atoms with Crippen LogP contribution in [-0.2, 0) is 0 Å². The Labute approximate surface area is 117 Å². The summed E-state index contributed by atoms with van der Waals surface area (Å²) >= 11 is 0. The molecule has 1 unspecified atom stereocenters. The summed E-state index contributed by atoms with van der Waals surface area (Å²) in [5.41, 5.74) is 1.68. The van der Waals surface area contributed by atoms with Crippen LogP contribution in [0.2, 0.25) is 0 Å². The molecule has 0 aliphatic carbocycles. The molecule has 1 fully saturated rings. The van der Waals surface area contributed by atoms with E-state index in [9.17, 15) is 0 Å². The first-order valence-electron chi connectivity index (χ1n) is 7.46. The van der Waals surface area contributed by atoms with Gasteiger partial charge in [-0.1, -0.05) is 26.8 Å². The quantitative estimate of drug-likeness (QED) is 0.900. The van der Waals surface area contributed by atoms with E-state index in [1.807, 2.05) is 6.20 Å². The van der Waals surface area contributed by atoms with Crippen LogP contribution in [0.4, 0.5) is 5.82 Å². The van der Waals surface area contributed by atoms with Crippen molar-refractivity contribution in [2.24, 2.45) is 5.41 Å². The molecule has 3 heteroatoms. The maximum Gasteiger partial charge on any atom is 0.128 e. The number of pyridine rings is 1. The number of rotatable bonds is 4. The second kappa shape index (κ2) is 5.91. The average Bonchev–Trinajstić information content (AvgIpc) is 2.38. The fraction of sp³-hybridized carbons (Fsp3) is 0.688. The Morgan fingerprint density at radius 3 is 2.79 bits per heavy atom. The monoisotopic (exact) mass is 261 g/mol. The van der Waals surface area contributed by atoms with Gasteiger partial charge in [0.1, 0.15) is 5.82 Å². The summed E-state index contributed by atoms with van der Waals surface area (Å²) in [6.45, 7) is 12.3. The van der Waals surface area contributed by atoms with Gasteiger partial charge in [0.25, 0.3) is 0 Å². The van der Waals surface area contributed by atoms with Crippen molar-refractivity contribution in [1.82, 2.24) is 10.3 Å². The molecule has 1 aliphatic heterocycles. The highest BCUT2D eigenvalue weighted by Crippen LogP contribution is 2.30. The lowest BCUT2D eigenvalue weighted by atomic mass is 9.84. The molecule has 1 aromatic heterocycles. The SMILES string of the molecule is CCNC(C)c1ccc(N2CCCC(C)(C)C2)nc1. The van der Waals surface area contributed by atoms with Crippen LogP contribution in [0.5, 0.6) is 0 Å². The van der Waals surface area contributed by atoms with E-state index < -0.39 is 0 Å². The summed E-state index contributed by atoms with van der Waals surface area (Å²) in [5.74, 6) is 1.13. The molecule has 2 rings (SSSR count). The van der Waals surface area contributed by atoms with Gasteiger partial charge in [0.15, 0.2) is 0 Å². The van der Waals surface area contributed by atoms with E-state index in [0.717, 1.165) is 25.5 Å². The van der Waals surface area contributed by atoms with Crippen LogP contribution in [0.1, 0.15) is 52.1 Å². The molecule has 0 amide bonds. The minimum Gasteiger partial charge on any atom is -0.356 e. The molecule has 1 aliphatic rings. The van der Waals surface area contributed by atoms with Crippen LogP contribution in [0.15, 0.2) is 18.3 Å². The molecule has 0 spiro atoms. The van der Waals surface area contributed by atoms with Gasteiger partial charge in [-0.2, -0.15) is 0 Å². The molecule has 106 valence electrons. The van der Waals surface area contributed by atoms with Crippen LogP contribution in [0, 0.1) is 5.41 Å². The predicted molar refractivity (Wildman–Crippen MR) is 81.6 cm³/mol. The Morgan fingerprint density at radius 1 is 1.42 bits per heavy atom. The van der Waals surface area contributed by atoms with E-state index in [1.165, 1.54) is 18.4 Å². The average molecular weight is 261 g/mol. The largest absolute Gasteiger partial charge is 0.356 e. The van der Waals surface area contributed by atoms with Gasteiger partial charge >= 0.3 is 0 Å². The minimum atomic E-state index is 0.379. The van der Waals surface area contributed by atoms with E-state index in [1.54, 1.807) is 0 Å². The first-order chi connectivity index (χ1) is 9.02. The zero-order valence-electron chi connectivity index (χ0n) is 12.7. The number of piperidine rings is 1. The minimum absolute atomic E-state index is 0.379. The second-order valence-electron chi connectivity index (χ2n) is 6.42. The molecule has 0 radical (unpaired) electrons. The normalized spacial score (nSPS) is 20.3. The molecule has 0 saturated carbocycles. The second-order valence-corrected chi connectivity index (χ2v) is 6.42. The third-order valence-corrected chi connectivity index (χ3v) is 4.01. The van der Waals surface area contributed by atoms with Crippen LogP contribution in [0.3, 0.4) is 0 Å². The van der Waals surface area contributed by atoms with Crippen molar-refractivity contribution in [3.8, 4) is 0 Å². The van der Waals surface area contributed by atoms with E-state index >= 15 is 0 Å². The van der Waals surface area contributed by atoms with Crippen LogP contribution >= 0.6 is 0 Å². The Balaban J connectivity index is 2.05. The lowest BCUT2D eigenvalue weighted by Crippen LogP contribution is -2.40. The summed E-state index contributed by atoms with van der Waals surface area (Å²) in [6, 6.07) is 4.76. The maximum absolute atomic E-state index is 4.66. The Hall–Kier alpha value is -1.09. The van der Waals surface area contributed by atoms with Gasteiger partial charge in [-0.3, -0.25) is 0 Å². The number of nitrogens with one attached hydrogen (secondary N) is 1. The number of hydrogen-bond acceptors (Lipinski definition) is 3. The smallest absolute Gasteiger partial charge is 0.128 e. The summed E-state index contributed by atoms with van der Waals surface area (Å²) < 4.78 is 0. The fourth-order valence-corrected chi connectivity index (χ4v) is 2.88. The third-order valence-electron chi connectivity index (χ3n) is 4.01. The zero-order valence-corrected chi connectivity index (χ0v) is 12.7. The molecule has 1 aromatic rings. The van der Waals surface area contributed by atoms with E-state index in [4.69, 9.17) is 0 Å². The predicted octanol–water partition coefficient (Wildman–Crippen LogP) is 3.38. The van der Waals surface area contributed by atoms with Crippen LogP contribution in [0.25, 0.3) is 0 Å². The Kier molecular flexibility index (Phi) is 4.46. The van der Waals surface area contributed by atoms with E-state index in [0.29, 0.717) is 11.5 Å². The van der Waals surface area contributed by atoms with Gasteiger partial charge in [0.05, 0.1) is 0 Å². The van der Waals surface area contributed by atoms with Gasteiger partial charge in [0.2, 0.25) is 0 Å². The molecule has 2 heterocycles. The number of hydrogen-bond donors (Lipinski definition) is 1. The van der Waals surface area contributed by atoms with Crippen molar-refractivity contribution in [2.75, 3.05) is 24.5 Å². The number of aromatic nitrogens is 1. The fourth-order valence-electron chi connectivity index (χ4n) is 2.88. The molecule has 0 aromatic carbocycles. The van der Waals surface area contributed by atoms with Crippen molar-refractivity contribution in [3.05, 3.63) is 23.9 Å². The van der Waals surface area contributed by atoms with Crippen molar-refractivity contribution in [3.63, 3.8) is 0 Å². The van der Waals surface area contributed by atoms with Crippen LogP contribution in [-0.4, -0.2) is 24.6 Å². The molecular weight excluding hydrogens is 234 g/mol. The molecular formula is C16H27N3. The first-order valence-corrected chi connectivity index (χ1v) is 7.46. The number of nitrogens with zero attached hydrogens (tertiary/aromatic N) is 2. The standard InChI is InChI=1S/C16H27N3/c1-5-17-13(2)14-7-8-15(18-11-14)19-10-6-9-16(3,4)12-19/h7-8,11,13,17H,5-6,9-10,12H2,1-4H3. The summed E-state index contributed by atoms with van der Waals surface area (Å²) in [5, 5.41) is 3.42. The van der Waals surface area contributed by atoms with Crippen LogP contribution < -0.4 is 10.2 Å². The summed E-state index contributed by atoms with van der Waals surface area (Å²) in [7, 11) is 0. The first kappa shape index (κ1) is 14.3. The van der Waals surface area contributed by atoms with Crippen molar-refractivity contribution in [2.45, 2.75) is 46.6 Å². The zero-order chi connectivity index (χ0) is 13.9. The maximum atomic E-state index is 4.66. The number of anilines is 1. The Bertz CT molecular complexity index is 397. The lowest BCUT2D eigenvalue weighted by Gasteiger charge is -2.38. The highest BCUT2D eigenvalue weighted by molar-refractivity contribution is 5.40. The summed E-state index contributed by atoms with van der Waals surface area (Å²) in [4.78, 5) is 7.08.